The van der Waals surface area contributed by atoms with E-state index in [0.29, 0.717) is 43.4 Å². The van der Waals surface area contributed by atoms with Crippen LogP contribution in [-0.2, 0) is 28.7 Å². The summed E-state index contributed by atoms with van der Waals surface area (Å²) in [5, 5.41) is 12.7. The number of nitrogens with one attached hydrogen (secondary N) is 1. The van der Waals surface area contributed by atoms with E-state index < -0.39 is 29.6 Å². The summed E-state index contributed by atoms with van der Waals surface area (Å²) in [5.41, 5.74) is 0.0977. The van der Waals surface area contributed by atoms with Gasteiger partial charge in [0.15, 0.2) is 6.10 Å². The third-order valence-electron chi connectivity index (χ3n) is 6.78. The van der Waals surface area contributed by atoms with E-state index in [1.807, 2.05) is 17.0 Å². The molecule has 0 amide bonds. The van der Waals surface area contributed by atoms with Crippen LogP contribution < -0.4 is 10.1 Å². The lowest BCUT2D eigenvalue weighted by molar-refractivity contribution is -0.150. The molecular weight excluding hydrogens is 551 g/mol. The van der Waals surface area contributed by atoms with Gasteiger partial charge in [0.25, 0.3) is 0 Å². The second-order valence-electron chi connectivity index (χ2n) is 9.28. The van der Waals surface area contributed by atoms with E-state index in [0.717, 1.165) is 36.9 Å². The van der Waals surface area contributed by atoms with E-state index >= 15 is 0 Å². The number of piperidine rings is 1. The molecule has 0 spiro atoms. The summed E-state index contributed by atoms with van der Waals surface area (Å²) in [6.45, 7) is 4.82. The Morgan fingerprint density at radius 1 is 1.13 bits per heavy atom. The Morgan fingerprint density at radius 2 is 1.79 bits per heavy atom. The molecule has 2 aromatic rings. The van der Waals surface area contributed by atoms with Gasteiger partial charge in [0.2, 0.25) is 0 Å². The van der Waals surface area contributed by atoms with E-state index in [1.54, 1.807) is 19.1 Å². The van der Waals surface area contributed by atoms with Gasteiger partial charge in [-0.3, -0.25) is 4.90 Å². The molecule has 0 aromatic heterocycles. The molecule has 1 aliphatic heterocycles. The average Bonchev–Trinajstić information content (AvgIpc) is 3.27. The van der Waals surface area contributed by atoms with E-state index in [9.17, 15) is 27.5 Å². The van der Waals surface area contributed by atoms with Gasteiger partial charge >= 0.3 is 12.1 Å². The molecule has 1 unspecified atom stereocenters. The van der Waals surface area contributed by atoms with Crippen molar-refractivity contribution in [3.05, 3.63) is 65.0 Å². The molecule has 2 fully saturated rings. The monoisotopic (exact) mass is 582 g/mol. The number of carboxylic acids is 1. The van der Waals surface area contributed by atoms with Crippen molar-refractivity contribution in [3.8, 4) is 5.75 Å². The van der Waals surface area contributed by atoms with Crippen molar-refractivity contribution in [3.63, 3.8) is 0 Å². The smallest absolute Gasteiger partial charge is 0.416 e. The average molecular weight is 583 g/mol. The number of fused-ring (bicyclic) bond motifs is 1. The SMILES string of the molecule is CCO[C@@H](Cc1ccc(OCCN[C@H]2C3CN(Cc4cc(C(F)(F)F)ccc4F)C[C@@H]32)cc1)C(=O)O.Cl.Cl. The number of halogens is 6. The number of aliphatic carboxylic acids is 1. The highest BCUT2D eigenvalue weighted by Gasteiger charge is 2.55. The number of alkyl halides is 3. The van der Waals surface area contributed by atoms with Crippen LogP contribution in [0.2, 0.25) is 0 Å². The molecule has 2 N–H and O–H groups in total. The van der Waals surface area contributed by atoms with Crippen molar-refractivity contribution in [2.45, 2.75) is 38.2 Å². The molecule has 212 valence electrons. The summed E-state index contributed by atoms with van der Waals surface area (Å²) in [7, 11) is 0. The summed E-state index contributed by atoms with van der Waals surface area (Å²) in [4.78, 5) is 13.2. The predicted octanol–water partition coefficient (Wildman–Crippen LogP) is 4.82. The fourth-order valence-electron chi connectivity index (χ4n) is 4.91. The van der Waals surface area contributed by atoms with Crippen molar-refractivity contribution < 1.29 is 36.9 Å². The number of hydrogen-bond acceptors (Lipinski definition) is 5. The van der Waals surface area contributed by atoms with Crippen LogP contribution in [0.3, 0.4) is 0 Å². The quantitative estimate of drug-likeness (QED) is 0.276. The Morgan fingerprint density at radius 3 is 2.37 bits per heavy atom. The number of ether oxygens (including phenoxy) is 2. The van der Waals surface area contributed by atoms with Gasteiger partial charge in [-0.2, -0.15) is 13.2 Å². The molecule has 4 rings (SSSR count). The topological polar surface area (TPSA) is 71.0 Å². The van der Waals surface area contributed by atoms with Crippen LogP contribution >= 0.6 is 24.8 Å². The fourth-order valence-corrected chi connectivity index (χ4v) is 4.91. The predicted molar refractivity (Wildman–Crippen MR) is 139 cm³/mol. The third-order valence-corrected chi connectivity index (χ3v) is 6.78. The lowest BCUT2D eigenvalue weighted by atomic mass is 10.1. The van der Waals surface area contributed by atoms with Crippen LogP contribution in [0.4, 0.5) is 17.6 Å². The minimum atomic E-state index is -4.48. The van der Waals surface area contributed by atoms with Crippen LogP contribution in [0.25, 0.3) is 0 Å². The van der Waals surface area contributed by atoms with Crippen LogP contribution in [0, 0.1) is 17.7 Å². The molecule has 4 atom stereocenters. The number of hydrogen-bond donors (Lipinski definition) is 2. The molecule has 12 heteroatoms. The zero-order valence-electron chi connectivity index (χ0n) is 20.7. The molecule has 6 nitrogen and oxygen atoms in total. The van der Waals surface area contributed by atoms with Gasteiger partial charge in [-0.15, -0.1) is 24.8 Å². The van der Waals surface area contributed by atoms with Crippen LogP contribution in [0.15, 0.2) is 42.5 Å². The molecule has 2 aromatic carbocycles. The first-order valence-electron chi connectivity index (χ1n) is 12.0. The Labute approximate surface area is 231 Å². The number of likely N-dealkylation sites (tertiary alicyclic amines) is 1. The normalized spacial score (nSPS) is 21.1. The van der Waals surface area contributed by atoms with Crippen LogP contribution in [0.1, 0.15) is 23.6 Å². The first-order valence-corrected chi connectivity index (χ1v) is 12.0. The number of rotatable bonds is 12. The minimum Gasteiger partial charge on any atom is -0.492 e. The van der Waals surface area contributed by atoms with Gasteiger partial charge in [-0.25, -0.2) is 9.18 Å². The molecule has 0 bridgehead atoms. The molecule has 1 saturated heterocycles. The standard InChI is InChI=1S/C26H30F4N2O4.2ClH/c1-2-35-23(25(33)34)11-16-3-6-19(7-4-16)36-10-9-31-24-20-14-32(15-21(20)24)13-17-12-18(26(28,29)30)5-8-22(17)27;;/h3-8,12,20-21,23-24,31H,2,9-11,13-15H2,1H3,(H,33,34);2*1H/t20-,21?,23-,24+;;/m0../s1. The Hall–Kier alpha value is -2.11. The van der Waals surface area contributed by atoms with E-state index in [1.165, 1.54) is 0 Å². The summed E-state index contributed by atoms with van der Waals surface area (Å²) in [6.07, 6.45) is -5.07. The van der Waals surface area contributed by atoms with Crippen molar-refractivity contribution in [2.75, 3.05) is 32.8 Å². The first-order chi connectivity index (χ1) is 17.2. The largest absolute Gasteiger partial charge is 0.492 e. The van der Waals surface area contributed by atoms with Gasteiger partial charge in [-0.05, 0) is 54.7 Å². The maximum absolute atomic E-state index is 14.0. The lowest BCUT2D eigenvalue weighted by Crippen LogP contribution is -2.33. The molecule has 1 aliphatic carbocycles. The van der Waals surface area contributed by atoms with Crippen molar-refractivity contribution in [1.82, 2.24) is 10.2 Å². The Balaban J connectivity index is 0.00000253. The molecule has 1 heterocycles. The molecular formula is C26H32Cl2F4N2O4. The summed E-state index contributed by atoms with van der Waals surface area (Å²) in [5.74, 6) is -0.0936. The zero-order chi connectivity index (χ0) is 25.9. The number of carboxylic acid groups (broad SMARTS) is 1. The highest BCUT2D eigenvalue weighted by Crippen LogP contribution is 2.46. The maximum Gasteiger partial charge on any atom is 0.416 e. The van der Waals surface area contributed by atoms with Crippen molar-refractivity contribution >= 4 is 30.8 Å². The van der Waals surface area contributed by atoms with Gasteiger partial charge in [0.1, 0.15) is 18.2 Å². The number of nitrogens with zero attached hydrogens (tertiary/aromatic N) is 1. The summed E-state index contributed by atoms with van der Waals surface area (Å²) in [6, 6.07) is 10.2. The van der Waals surface area contributed by atoms with Crippen molar-refractivity contribution in [1.29, 1.82) is 0 Å². The number of carbonyl (C=O) groups is 1. The highest BCUT2D eigenvalue weighted by molar-refractivity contribution is 5.85. The van der Waals surface area contributed by atoms with Crippen LogP contribution in [0.5, 0.6) is 5.75 Å². The second kappa shape index (κ2) is 13.8. The van der Waals surface area contributed by atoms with Crippen molar-refractivity contribution in [2.24, 2.45) is 11.8 Å². The fraction of sp³-hybridized carbons (Fsp3) is 0.500. The Kier molecular flexibility index (Phi) is 11.7. The first kappa shape index (κ1) is 32.1. The molecule has 38 heavy (non-hydrogen) atoms. The maximum atomic E-state index is 14.0. The lowest BCUT2D eigenvalue weighted by Gasteiger charge is -2.21. The summed E-state index contributed by atoms with van der Waals surface area (Å²) < 4.78 is 63.8. The van der Waals surface area contributed by atoms with Gasteiger partial charge < -0.3 is 19.9 Å². The second-order valence-corrected chi connectivity index (χ2v) is 9.28. The minimum absolute atomic E-state index is 0. The molecule has 1 saturated carbocycles. The van der Waals surface area contributed by atoms with Gasteiger partial charge in [0, 0.05) is 50.8 Å². The number of benzene rings is 2. The van der Waals surface area contributed by atoms with Gasteiger partial charge in [0.05, 0.1) is 5.56 Å². The van der Waals surface area contributed by atoms with Crippen LogP contribution in [-0.4, -0.2) is 61.0 Å². The summed E-state index contributed by atoms with van der Waals surface area (Å²) >= 11 is 0. The van der Waals surface area contributed by atoms with Gasteiger partial charge in [-0.1, -0.05) is 12.1 Å². The van der Waals surface area contributed by atoms with E-state index in [2.05, 4.69) is 5.32 Å². The third kappa shape index (κ3) is 8.19. The molecule has 0 radical (unpaired) electrons. The highest BCUT2D eigenvalue weighted by atomic mass is 35.5. The Bertz CT molecular complexity index is 1050. The zero-order valence-corrected chi connectivity index (χ0v) is 22.4. The van der Waals surface area contributed by atoms with E-state index in [4.69, 9.17) is 9.47 Å². The molecule has 2 aliphatic rings. The van der Waals surface area contributed by atoms with E-state index in [-0.39, 0.29) is 43.3 Å².